The van der Waals surface area contributed by atoms with Crippen LogP contribution in [0.25, 0.3) is 10.9 Å². The predicted molar refractivity (Wildman–Crippen MR) is 236 cm³/mol. The fourth-order valence-electron chi connectivity index (χ4n) is 5.64. The lowest BCUT2D eigenvalue weighted by atomic mass is 9.76. The zero-order chi connectivity index (χ0) is 44.6. The third-order valence-electron chi connectivity index (χ3n) is 9.81. The lowest BCUT2D eigenvalue weighted by Crippen LogP contribution is -2.56. The predicted octanol–water partition coefficient (Wildman–Crippen LogP) is 5.91. The summed E-state index contributed by atoms with van der Waals surface area (Å²) in [6.45, 7) is 22.3. The molecule has 2 unspecified atom stereocenters. The molecule has 13 heteroatoms. The number of nitrogens with zero attached hydrogens (tertiary/aromatic N) is 3. The number of carbonyl (C=O) groups excluding carboxylic acids is 6. The highest BCUT2D eigenvalue weighted by Crippen LogP contribution is 2.34. The van der Waals surface area contributed by atoms with Crippen LogP contribution in [0, 0.1) is 5.41 Å². The maximum absolute atomic E-state index is 13.0. The lowest BCUT2D eigenvalue weighted by Gasteiger charge is -2.36. The van der Waals surface area contributed by atoms with Gasteiger partial charge in [0.25, 0.3) is 11.8 Å². The largest absolute Gasteiger partial charge is 0.366 e. The Labute approximate surface area is 348 Å². The van der Waals surface area contributed by atoms with Crippen LogP contribution in [0.1, 0.15) is 120 Å². The molecular weight excluding hydrogens is 735 g/mol. The Morgan fingerprint density at radius 2 is 1.53 bits per heavy atom. The van der Waals surface area contributed by atoms with Gasteiger partial charge in [-0.3, -0.25) is 33.7 Å². The minimum absolute atomic E-state index is 0.0253. The zero-order valence-electron chi connectivity index (χ0n) is 37.8. The molecule has 5 N–H and O–H groups in total. The molecule has 3 rings (SSSR count). The molecule has 1 aliphatic heterocycles. The summed E-state index contributed by atoms with van der Waals surface area (Å²) in [5.74, 6) is -0.791. The molecule has 0 bridgehead atoms. The number of hydrogen-bond acceptors (Lipinski definition) is 7. The number of aromatic nitrogens is 1. The van der Waals surface area contributed by atoms with Crippen LogP contribution < -0.4 is 21.7 Å². The molecule has 58 heavy (non-hydrogen) atoms. The number of fused-ring (bicyclic) bond motifs is 1. The summed E-state index contributed by atoms with van der Waals surface area (Å²) in [6.07, 6.45) is 13.3. The SMILES string of the molecule is C/C(=C\CN(C)C=O)C(N)=O.CCC.CCCCNC(=O)CCCCCN1C(=O)C=CC1=O.CNC(C(=O)NC(C)C(C)(C)C)C(C)(C)c1cn(C)c2ccccc12. The van der Waals surface area contributed by atoms with Crippen molar-refractivity contribution < 1.29 is 28.8 Å². The number of aryl methyl sites for hydroxylation is 1. The fraction of sp³-hybridized carbons (Fsp3) is 0.600. The second kappa shape index (κ2) is 27.0. The molecular formula is C45H75N7O6. The number of para-hydroxylation sites is 1. The number of benzene rings is 1. The monoisotopic (exact) mass is 810 g/mol. The highest BCUT2D eigenvalue weighted by atomic mass is 16.2. The van der Waals surface area contributed by atoms with Gasteiger partial charge in [-0.15, -0.1) is 0 Å². The van der Waals surface area contributed by atoms with Gasteiger partial charge in [-0.1, -0.05) is 98.9 Å². The molecule has 0 saturated heterocycles. The Balaban J connectivity index is 0.000000869. The van der Waals surface area contributed by atoms with Gasteiger partial charge in [0.05, 0.1) is 6.04 Å². The van der Waals surface area contributed by atoms with Gasteiger partial charge in [0.2, 0.25) is 24.1 Å². The van der Waals surface area contributed by atoms with Crippen LogP contribution in [-0.4, -0.2) is 96.1 Å². The average molecular weight is 810 g/mol. The number of amides is 6. The van der Waals surface area contributed by atoms with Gasteiger partial charge in [0.1, 0.15) is 0 Å². The van der Waals surface area contributed by atoms with Gasteiger partial charge in [0.15, 0.2) is 0 Å². The maximum atomic E-state index is 13.0. The van der Waals surface area contributed by atoms with Crippen molar-refractivity contribution in [1.29, 1.82) is 0 Å². The Morgan fingerprint density at radius 1 is 0.948 bits per heavy atom. The van der Waals surface area contributed by atoms with Gasteiger partial charge in [-0.25, -0.2) is 0 Å². The van der Waals surface area contributed by atoms with E-state index in [4.69, 9.17) is 5.73 Å². The molecule has 1 aromatic carbocycles. The number of carbonyl (C=O) groups is 6. The third-order valence-corrected chi connectivity index (χ3v) is 9.81. The van der Waals surface area contributed by atoms with Gasteiger partial charge in [0, 0.05) is 86.4 Å². The molecule has 0 fully saturated rings. The number of primary amides is 1. The highest BCUT2D eigenvalue weighted by Gasteiger charge is 2.38. The topological polar surface area (TPSA) is 176 Å². The van der Waals surface area contributed by atoms with Crippen LogP contribution in [0.2, 0.25) is 0 Å². The van der Waals surface area contributed by atoms with Crippen molar-refractivity contribution in [3.8, 4) is 0 Å². The minimum Gasteiger partial charge on any atom is -0.366 e. The number of unbranched alkanes of at least 4 members (excludes halogenated alkanes) is 3. The Kier molecular flexibility index (Phi) is 24.8. The summed E-state index contributed by atoms with van der Waals surface area (Å²) in [5.41, 5.74) is 7.46. The molecule has 2 heterocycles. The van der Waals surface area contributed by atoms with Crippen LogP contribution in [-0.2, 0) is 41.2 Å². The highest BCUT2D eigenvalue weighted by molar-refractivity contribution is 6.12. The number of imide groups is 1. The van der Waals surface area contributed by atoms with E-state index in [2.05, 4.69) is 114 Å². The van der Waals surface area contributed by atoms with Crippen molar-refractivity contribution in [3.05, 3.63) is 59.8 Å². The third kappa shape index (κ3) is 18.7. The molecule has 0 radical (unpaired) electrons. The second-order valence-corrected chi connectivity index (χ2v) is 16.4. The summed E-state index contributed by atoms with van der Waals surface area (Å²) in [6, 6.07) is 8.13. The molecule has 1 aromatic heterocycles. The fourth-order valence-corrected chi connectivity index (χ4v) is 5.64. The zero-order valence-corrected chi connectivity index (χ0v) is 37.8. The number of nitrogens with two attached hydrogens (primary N) is 1. The Hall–Kier alpha value is -4.78. The van der Waals surface area contributed by atoms with Gasteiger partial charge in [-0.2, -0.15) is 0 Å². The molecule has 6 amide bonds. The molecule has 2 aromatic rings. The van der Waals surface area contributed by atoms with Crippen molar-refractivity contribution in [1.82, 2.24) is 30.3 Å². The summed E-state index contributed by atoms with van der Waals surface area (Å²) >= 11 is 0. The van der Waals surface area contributed by atoms with Crippen molar-refractivity contribution in [3.63, 3.8) is 0 Å². The Bertz CT molecular complexity index is 1650. The van der Waals surface area contributed by atoms with Gasteiger partial charge in [-0.05, 0) is 57.2 Å². The van der Waals surface area contributed by atoms with Crippen LogP contribution in [0.15, 0.2) is 54.3 Å². The molecule has 0 spiro atoms. The van der Waals surface area contributed by atoms with E-state index in [-0.39, 0.29) is 46.5 Å². The van der Waals surface area contributed by atoms with E-state index in [1.807, 2.05) is 13.1 Å². The number of nitrogens with one attached hydrogen (secondary N) is 3. The van der Waals surface area contributed by atoms with Crippen LogP contribution >= 0.6 is 0 Å². The van der Waals surface area contributed by atoms with E-state index in [1.165, 1.54) is 44.8 Å². The normalized spacial score (nSPS) is 13.6. The first-order chi connectivity index (χ1) is 27.1. The van der Waals surface area contributed by atoms with E-state index in [9.17, 15) is 28.8 Å². The molecule has 1 aliphatic rings. The van der Waals surface area contributed by atoms with Gasteiger partial charge >= 0.3 is 0 Å². The van der Waals surface area contributed by atoms with Crippen LogP contribution in [0.4, 0.5) is 0 Å². The summed E-state index contributed by atoms with van der Waals surface area (Å²) in [7, 11) is 5.54. The van der Waals surface area contributed by atoms with Crippen molar-refractivity contribution in [2.75, 3.05) is 33.7 Å². The maximum Gasteiger partial charge on any atom is 0.253 e. The first-order valence-electron chi connectivity index (χ1n) is 20.6. The Morgan fingerprint density at radius 3 is 2.05 bits per heavy atom. The standard InChI is InChI=1S/C21H33N3O.C14H22N2O3.C7H12N2O2.C3H8/c1-14(20(2,3)4)23-19(25)18(22-7)21(5,6)16-13-24(8)17-12-10-9-11-15(16)17;1-2-3-10-15-12(17)7-5-4-6-11-16-13(18)8-9-14(16)19;1-6(7(8)11)3-4-9(2)5-10;1-3-2/h9-14,18,22H,1-8H3,(H,23,25);8-9H,2-7,10-11H2,1H3,(H,15,17);3,5H,4H2,1-2H3,(H2,8,11);3H2,1-2H3/b;;6-3+;. The second-order valence-electron chi connectivity index (χ2n) is 16.4. The van der Waals surface area contributed by atoms with E-state index < -0.39 is 5.91 Å². The number of likely N-dealkylation sites (N-methyl/N-ethyl adjacent to an activating group) is 2. The quantitative estimate of drug-likeness (QED) is 0.0627. The number of rotatable bonds is 18. The van der Waals surface area contributed by atoms with E-state index in [0.29, 0.717) is 31.5 Å². The summed E-state index contributed by atoms with van der Waals surface area (Å²) in [5, 5.41) is 10.5. The van der Waals surface area contributed by atoms with E-state index in [1.54, 1.807) is 20.0 Å². The summed E-state index contributed by atoms with van der Waals surface area (Å²) in [4.78, 5) is 70.1. The smallest absolute Gasteiger partial charge is 0.253 e. The number of hydrogen-bond donors (Lipinski definition) is 4. The van der Waals surface area contributed by atoms with Crippen molar-refractivity contribution in [2.24, 2.45) is 18.2 Å². The summed E-state index contributed by atoms with van der Waals surface area (Å²) < 4.78 is 2.13. The van der Waals surface area contributed by atoms with E-state index >= 15 is 0 Å². The minimum atomic E-state index is -0.454. The molecule has 2 atom stereocenters. The van der Waals surface area contributed by atoms with Gasteiger partial charge < -0.3 is 31.2 Å². The molecule has 0 aliphatic carbocycles. The first kappa shape index (κ1) is 53.2. The van der Waals surface area contributed by atoms with Crippen LogP contribution in [0.5, 0.6) is 0 Å². The van der Waals surface area contributed by atoms with Crippen molar-refractivity contribution >= 4 is 46.8 Å². The van der Waals surface area contributed by atoms with Crippen molar-refractivity contribution in [2.45, 2.75) is 132 Å². The first-order valence-corrected chi connectivity index (χ1v) is 20.6. The van der Waals surface area contributed by atoms with Crippen LogP contribution in [0.3, 0.4) is 0 Å². The molecule has 13 nitrogen and oxygen atoms in total. The lowest BCUT2D eigenvalue weighted by molar-refractivity contribution is -0.137. The molecule has 0 saturated carbocycles. The average Bonchev–Trinajstić information content (AvgIpc) is 3.68. The van der Waals surface area contributed by atoms with E-state index in [0.717, 1.165) is 38.6 Å². The molecule has 326 valence electrons.